The van der Waals surface area contributed by atoms with Gasteiger partial charge >= 0.3 is 5.97 Å². The first-order valence-electron chi connectivity index (χ1n) is 8.01. The fourth-order valence-electron chi connectivity index (χ4n) is 3.12. The summed E-state index contributed by atoms with van der Waals surface area (Å²) >= 11 is 0. The molecule has 2 rings (SSSR count). The number of hydrogen-bond donors (Lipinski definition) is 2. The fourth-order valence-corrected chi connectivity index (χ4v) is 3.12. The number of carboxylic acids is 1. The monoisotopic (exact) mass is 338 g/mol. The number of benzene rings is 1. The summed E-state index contributed by atoms with van der Waals surface area (Å²) in [6, 6.07) is 3.83. The molecule has 1 heterocycles. The fraction of sp³-hybridized carbons (Fsp3) is 0.588. The molecule has 0 aromatic heterocycles. The van der Waals surface area contributed by atoms with Crippen LogP contribution in [0.2, 0.25) is 0 Å². The first-order chi connectivity index (χ1) is 11.6. The van der Waals surface area contributed by atoms with Gasteiger partial charge in [-0.15, -0.1) is 0 Å². The van der Waals surface area contributed by atoms with E-state index in [1.54, 1.807) is 21.3 Å². The van der Waals surface area contributed by atoms with Gasteiger partial charge in [0.05, 0.1) is 27.8 Å². The van der Waals surface area contributed by atoms with E-state index < -0.39 is 5.97 Å². The molecule has 0 saturated carbocycles. The maximum absolute atomic E-state index is 11.0. The molecule has 1 aliphatic heterocycles. The summed E-state index contributed by atoms with van der Waals surface area (Å²) in [5.74, 6) is 1.19. The lowest BCUT2D eigenvalue weighted by atomic mass is 10.0. The minimum absolute atomic E-state index is 0.0936. The molecule has 1 aliphatic rings. The highest BCUT2D eigenvalue weighted by atomic mass is 16.5. The van der Waals surface area contributed by atoms with E-state index >= 15 is 0 Å². The Morgan fingerprint density at radius 3 is 2.62 bits per heavy atom. The van der Waals surface area contributed by atoms with Crippen molar-refractivity contribution in [1.29, 1.82) is 0 Å². The van der Waals surface area contributed by atoms with Gasteiger partial charge in [-0.3, -0.25) is 9.69 Å². The Labute approximate surface area is 142 Å². The van der Waals surface area contributed by atoms with Crippen molar-refractivity contribution >= 4 is 5.97 Å². The van der Waals surface area contributed by atoms with Crippen LogP contribution in [0.1, 0.15) is 12.0 Å². The molecule has 0 amide bonds. The average Bonchev–Trinajstić information content (AvgIpc) is 2.78. The third-order valence-corrected chi connectivity index (χ3v) is 4.20. The second-order valence-electron chi connectivity index (χ2n) is 5.90. The number of carbonyl (C=O) groups is 1. The van der Waals surface area contributed by atoms with Crippen molar-refractivity contribution in [2.24, 2.45) is 5.92 Å². The highest BCUT2D eigenvalue weighted by Gasteiger charge is 2.23. The highest BCUT2D eigenvalue weighted by molar-refractivity contribution is 5.67. The quantitative estimate of drug-likeness (QED) is 0.773. The molecule has 1 saturated heterocycles. The van der Waals surface area contributed by atoms with Crippen LogP contribution in [0.5, 0.6) is 17.2 Å². The number of nitrogens with zero attached hydrogens (tertiary/aromatic N) is 1. The van der Waals surface area contributed by atoms with E-state index in [4.69, 9.17) is 19.3 Å². The minimum Gasteiger partial charge on any atom is -0.493 e. The zero-order valence-electron chi connectivity index (χ0n) is 14.5. The number of ether oxygens (including phenoxy) is 3. The summed E-state index contributed by atoms with van der Waals surface area (Å²) in [6.07, 6.45) is 0.173. The molecule has 1 atom stereocenters. The largest absolute Gasteiger partial charge is 0.493 e. The smallest absolute Gasteiger partial charge is 0.303 e. The van der Waals surface area contributed by atoms with Gasteiger partial charge in [0.1, 0.15) is 0 Å². The van der Waals surface area contributed by atoms with Gasteiger partial charge in [0.25, 0.3) is 0 Å². The lowest BCUT2D eigenvalue weighted by Gasteiger charge is -2.24. The van der Waals surface area contributed by atoms with Gasteiger partial charge in [-0.05, 0) is 18.5 Å². The van der Waals surface area contributed by atoms with E-state index in [-0.39, 0.29) is 12.3 Å². The number of carboxylic acid groups (broad SMARTS) is 1. The summed E-state index contributed by atoms with van der Waals surface area (Å²) in [6.45, 7) is 3.82. The molecule has 0 radical (unpaired) electrons. The number of rotatable bonds is 7. The molecule has 0 bridgehead atoms. The molecule has 7 nitrogen and oxygen atoms in total. The van der Waals surface area contributed by atoms with Crippen molar-refractivity contribution in [2.75, 3.05) is 47.5 Å². The normalized spacial score (nSPS) is 18.7. The van der Waals surface area contributed by atoms with E-state index in [1.807, 2.05) is 12.1 Å². The predicted molar refractivity (Wildman–Crippen MR) is 90.0 cm³/mol. The average molecular weight is 338 g/mol. The molecule has 1 aromatic rings. The summed E-state index contributed by atoms with van der Waals surface area (Å²) in [5, 5.41) is 12.4. The van der Waals surface area contributed by atoms with Crippen molar-refractivity contribution in [3.8, 4) is 17.2 Å². The third-order valence-electron chi connectivity index (χ3n) is 4.20. The maximum Gasteiger partial charge on any atom is 0.303 e. The van der Waals surface area contributed by atoms with Gasteiger partial charge in [-0.1, -0.05) is 6.07 Å². The van der Waals surface area contributed by atoms with Crippen molar-refractivity contribution < 1.29 is 24.1 Å². The van der Waals surface area contributed by atoms with Crippen molar-refractivity contribution in [2.45, 2.75) is 13.0 Å². The van der Waals surface area contributed by atoms with Crippen LogP contribution < -0.4 is 19.5 Å². The van der Waals surface area contributed by atoms with Gasteiger partial charge < -0.3 is 24.6 Å². The van der Waals surface area contributed by atoms with Gasteiger partial charge in [0, 0.05) is 31.7 Å². The van der Waals surface area contributed by atoms with E-state index in [0.717, 1.165) is 31.7 Å². The number of nitrogens with one attached hydrogen (secondary N) is 1. The van der Waals surface area contributed by atoms with Crippen LogP contribution in [-0.2, 0) is 11.3 Å². The first-order valence-corrected chi connectivity index (χ1v) is 8.01. The molecular weight excluding hydrogens is 312 g/mol. The van der Waals surface area contributed by atoms with Crippen LogP contribution in [0.25, 0.3) is 0 Å². The standard InChI is InChI=1S/C17H26N2O5/c1-22-14-5-4-13(16(23-2)17(14)24-3)11-19-7-6-18-9-12(10-19)8-15(20)21/h4-5,12,18H,6-11H2,1-3H3,(H,20,21)/t12-/m0/s1. The summed E-state index contributed by atoms with van der Waals surface area (Å²) in [5.41, 5.74) is 0.992. The first kappa shape index (κ1) is 18.4. The van der Waals surface area contributed by atoms with E-state index in [9.17, 15) is 4.79 Å². The van der Waals surface area contributed by atoms with Gasteiger partial charge in [-0.25, -0.2) is 0 Å². The van der Waals surface area contributed by atoms with Gasteiger partial charge in [-0.2, -0.15) is 0 Å². The Morgan fingerprint density at radius 1 is 1.25 bits per heavy atom. The zero-order chi connectivity index (χ0) is 17.5. The minimum atomic E-state index is -0.757. The van der Waals surface area contributed by atoms with Gasteiger partial charge in [0.15, 0.2) is 11.5 Å². The van der Waals surface area contributed by atoms with Crippen LogP contribution in [-0.4, -0.2) is 63.5 Å². The second kappa shape index (κ2) is 8.75. The summed E-state index contributed by atoms with van der Waals surface area (Å²) in [7, 11) is 4.79. The molecule has 2 N–H and O–H groups in total. The Morgan fingerprint density at radius 2 is 2.00 bits per heavy atom. The molecular formula is C17H26N2O5. The summed E-state index contributed by atoms with van der Waals surface area (Å²) in [4.78, 5) is 13.2. The Balaban J connectivity index is 2.18. The van der Waals surface area contributed by atoms with Crippen molar-refractivity contribution in [1.82, 2.24) is 10.2 Å². The van der Waals surface area contributed by atoms with Crippen LogP contribution >= 0.6 is 0 Å². The Bertz CT molecular complexity index is 564. The molecule has 0 aliphatic carbocycles. The van der Waals surface area contributed by atoms with E-state index in [1.165, 1.54) is 0 Å². The second-order valence-corrected chi connectivity index (χ2v) is 5.90. The van der Waals surface area contributed by atoms with Gasteiger partial charge in [0.2, 0.25) is 5.75 Å². The van der Waals surface area contributed by atoms with Crippen LogP contribution in [0, 0.1) is 5.92 Å². The molecule has 24 heavy (non-hydrogen) atoms. The Hall–Kier alpha value is -1.99. The van der Waals surface area contributed by atoms with Crippen molar-refractivity contribution in [3.05, 3.63) is 17.7 Å². The molecule has 1 aromatic carbocycles. The van der Waals surface area contributed by atoms with E-state index in [2.05, 4.69) is 10.2 Å². The topological polar surface area (TPSA) is 80.3 Å². The summed E-state index contributed by atoms with van der Waals surface area (Å²) < 4.78 is 16.3. The predicted octanol–water partition coefficient (Wildman–Crippen LogP) is 1.21. The molecule has 0 spiro atoms. The number of methoxy groups -OCH3 is 3. The molecule has 134 valence electrons. The van der Waals surface area contributed by atoms with E-state index in [0.29, 0.717) is 23.8 Å². The maximum atomic E-state index is 11.0. The lowest BCUT2D eigenvalue weighted by Crippen LogP contribution is -2.30. The molecule has 1 fully saturated rings. The van der Waals surface area contributed by atoms with Crippen molar-refractivity contribution in [3.63, 3.8) is 0 Å². The zero-order valence-corrected chi connectivity index (χ0v) is 14.5. The number of hydrogen-bond acceptors (Lipinski definition) is 6. The van der Waals surface area contributed by atoms with Crippen LogP contribution in [0.15, 0.2) is 12.1 Å². The van der Waals surface area contributed by atoms with Crippen LogP contribution in [0.3, 0.4) is 0 Å². The lowest BCUT2D eigenvalue weighted by molar-refractivity contribution is -0.138. The molecule has 0 unspecified atom stereocenters. The third kappa shape index (κ3) is 4.52. The highest BCUT2D eigenvalue weighted by Crippen LogP contribution is 2.40. The Kier molecular flexibility index (Phi) is 6.69. The van der Waals surface area contributed by atoms with Crippen LogP contribution in [0.4, 0.5) is 0 Å². The molecule has 7 heteroatoms. The SMILES string of the molecule is COc1ccc(CN2CCNC[C@H](CC(=O)O)C2)c(OC)c1OC. The number of aliphatic carboxylic acids is 1.